The van der Waals surface area contributed by atoms with Crippen LogP contribution in [0.1, 0.15) is 32.3 Å². The van der Waals surface area contributed by atoms with Gasteiger partial charge in [0, 0.05) is 11.6 Å². The molecule has 1 aliphatic carbocycles. The van der Waals surface area contributed by atoms with Crippen LogP contribution in [0.2, 0.25) is 0 Å². The SMILES string of the molecule is COc1ccccc1/C(C)=C/C(=O)OC(C)C1CC1. The lowest BCUT2D eigenvalue weighted by molar-refractivity contribution is -0.143. The van der Waals surface area contributed by atoms with Gasteiger partial charge in [0.15, 0.2) is 0 Å². The molecule has 0 bridgehead atoms. The van der Waals surface area contributed by atoms with Gasteiger partial charge < -0.3 is 9.47 Å². The molecular formula is C16H20O3. The first-order valence-electron chi connectivity index (χ1n) is 6.64. The third-order valence-electron chi connectivity index (χ3n) is 3.45. The van der Waals surface area contributed by atoms with E-state index < -0.39 is 0 Å². The molecule has 1 aromatic carbocycles. The molecule has 0 radical (unpaired) electrons. The van der Waals surface area contributed by atoms with Crippen molar-refractivity contribution in [2.45, 2.75) is 32.8 Å². The first-order chi connectivity index (χ1) is 9.11. The molecule has 0 amide bonds. The molecule has 3 heteroatoms. The van der Waals surface area contributed by atoms with Gasteiger partial charge in [0.2, 0.25) is 0 Å². The molecule has 3 nitrogen and oxygen atoms in total. The van der Waals surface area contributed by atoms with Crippen LogP contribution in [0.25, 0.3) is 5.57 Å². The predicted molar refractivity (Wildman–Crippen MR) is 74.9 cm³/mol. The number of para-hydroxylation sites is 1. The Kier molecular flexibility index (Phi) is 4.25. The van der Waals surface area contributed by atoms with Gasteiger partial charge in [-0.05, 0) is 44.2 Å². The van der Waals surface area contributed by atoms with Crippen molar-refractivity contribution in [2.24, 2.45) is 5.92 Å². The molecule has 0 saturated heterocycles. The lowest BCUT2D eigenvalue weighted by Gasteiger charge is -2.11. The number of allylic oxidation sites excluding steroid dienone is 1. The van der Waals surface area contributed by atoms with Gasteiger partial charge in [0.05, 0.1) is 7.11 Å². The predicted octanol–water partition coefficient (Wildman–Crippen LogP) is 3.44. The van der Waals surface area contributed by atoms with Crippen molar-refractivity contribution < 1.29 is 14.3 Å². The molecule has 1 fully saturated rings. The fourth-order valence-corrected chi connectivity index (χ4v) is 2.10. The molecule has 0 N–H and O–H groups in total. The van der Waals surface area contributed by atoms with Crippen LogP contribution in [-0.2, 0) is 9.53 Å². The van der Waals surface area contributed by atoms with Gasteiger partial charge in [0.25, 0.3) is 0 Å². The van der Waals surface area contributed by atoms with E-state index in [2.05, 4.69) is 0 Å². The normalized spacial score (nSPS) is 16.9. The second-order valence-electron chi connectivity index (χ2n) is 5.01. The quantitative estimate of drug-likeness (QED) is 0.601. The lowest BCUT2D eigenvalue weighted by Crippen LogP contribution is -2.15. The lowest BCUT2D eigenvalue weighted by atomic mass is 10.1. The van der Waals surface area contributed by atoms with Gasteiger partial charge >= 0.3 is 5.97 Å². The number of rotatable bonds is 5. The molecule has 1 atom stereocenters. The number of ether oxygens (including phenoxy) is 2. The summed E-state index contributed by atoms with van der Waals surface area (Å²) < 4.78 is 10.7. The summed E-state index contributed by atoms with van der Waals surface area (Å²) in [6.45, 7) is 3.85. The molecular weight excluding hydrogens is 240 g/mol. The summed E-state index contributed by atoms with van der Waals surface area (Å²) >= 11 is 0. The van der Waals surface area contributed by atoms with Gasteiger partial charge in [-0.15, -0.1) is 0 Å². The van der Waals surface area contributed by atoms with Crippen molar-refractivity contribution in [1.29, 1.82) is 0 Å². The summed E-state index contributed by atoms with van der Waals surface area (Å²) in [5.74, 6) is 1.05. The molecule has 2 rings (SSSR count). The highest BCUT2D eigenvalue weighted by atomic mass is 16.5. The average molecular weight is 260 g/mol. The van der Waals surface area contributed by atoms with E-state index in [9.17, 15) is 4.79 Å². The Morgan fingerprint density at radius 1 is 1.37 bits per heavy atom. The molecule has 1 unspecified atom stereocenters. The maximum atomic E-state index is 11.8. The van der Waals surface area contributed by atoms with Crippen LogP contribution in [0.5, 0.6) is 5.75 Å². The fourth-order valence-electron chi connectivity index (χ4n) is 2.10. The Morgan fingerprint density at radius 3 is 2.68 bits per heavy atom. The third-order valence-corrected chi connectivity index (χ3v) is 3.45. The minimum Gasteiger partial charge on any atom is -0.496 e. The first-order valence-corrected chi connectivity index (χ1v) is 6.64. The topological polar surface area (TPSA) is 35.5 Å². The molecule has 0 spiro atoms. The largest absolute Gasteiger partial charge is 0.496 e. The van der Waals surface area contributed by atoms with Gasteiger partial charge in [0.1, 0.15) is 11.9 Å². The molecule has 1 saturated carbocycles. The van der Waals surface area contributed by atoms with Crippen LogP contribution in [0, 0.1) is 5.92 Å². The monoisotopic (exact) mass is 260 g/mol. The third kappa shape index (κ3) is 3.60. The summed E-state index contributed by atoms with van der Waals surface area (Å²) in [5.41, 5.74) is 1.77. The highest BCUT2D eigenvalue weighted by molar-refractivity contribution is 5.91. The van der Waals surface area contributed by atoms with Gasteiger partial charge in [-0.25, -0.2) is 4.79 Å². The average Bonchev–Trinajstić information content (AvgIpc) is 3.22. The maximum absolute atomic E-state index is 11.8. The zero-order valence-corrected chi connectivity index (χ0v) is 11.7. The minimum atomic E-state index is -0.275. The molecule has 19 heavy (non-hydrogen) atoms. The Labute approximate surface area is 114 Å². The smallest absolute Gasteiger partial charge is 0.331 e. The maximum Gasteiger partial charge on any atom is 0.331 e. The highest BCUT2D eigenvalue weighted by Crippen LogP contribution is 2.34. The van der Waals surface area contributed by atoms with Gasteiger partial charge in [-0.1, -0.05) is 18.2 Å². The number of benzene rings is 1. The van der Waals surface area contributed by atoms with E-state index >= 15 is 0 Å². The van der Waals surface area contributed by atoms with Crippen molar-refractivity contribution in [2.75, 3.05) is 7.11 Å². The molecule has 1 aliphatic rings. The summed E-state index contributed by atoms with van der Waals surface area (Å²) in [6.07, 6.45) is 3.90. The molecule has 1 aromatic rings. The summed E-state index contributed by atoms with van der Waals surface area (Å²) in [6, 6.07) is 7.64. The summed E-state index contributed by atoms with van der Waals surface area (Å²) in [4.78, 5) is 11.8. The van der Waals surface area contributed by atoms with E-state index in [4.69, 9.17) is 9.47 Å². The number of carbonyl (C=O) groups is 1. The van der Waals surface area contributed by atoms with Crippen LogP contribution in [0.3, 0.4) is 0 Å². The number of hydrogen-bond acceptors (Lipinski definition) is 3. The van der Waals surface area contributed by atoms with Crippen LogP contribution >= 0.6 is 0 Å². The molecule has 0 aromatic heterocycles. The van der Waals surface area contributed by atoms with E-state index in [0.29, 0.717) is 5.92 Å². The zero-order valence-electron chi connectivity index (χ0n) is 11.7. The van der Waals surface area contributed by atoms with E-state index in [1.807, 2.05) is 38.1 Å². The number of methoxy groups -OCH3 is 1. The van der Waals surface area contributed by atoms with Crippen LogP contribution < -0.4 is 4.74 Å². The standard InChI is InChI=1S/C16H20O3/c1-11(14-6-4-5-7-15(14)18-3)10-16(17)19-12(2)13-8-9-13/h4-7,10,12-13H,8-9H2,1-3H3/b11-10+. The summed E-state index contributed by atoms with van der Waals surface area (Å²) in [5, 5.41) is 0. The molecule has 0 heterocycles. The van der Waals surface area contributed by atoms with E-state index in [-0.39, 0.29) is 12.1 Å². The fraction of sp³-hybridized carbons (Fsp3) is 0.438. The second kappa shape index (κ2) is 5.91. The van der Waals surface area contributed by atoms with E-state index in [0.717, 1.165) is 16.9 Å². The van der Waals surface area contributed by atoms with Gasteiger partial charge in [-0.2, -0.15) is 0 Å². The molecule has 102 valence electrons. The van der Waals surface area contributed by atoms with Crippen LogP contribution in [0.15, 0.2) is 30.3 Å². The van der Waals surface area contributed by atoms with Gasteiger partial charge in [-0.3, -0.25) is 0 Å². The Hall–Kier alpha value is -1.77. The Bertz CT molecular complexity index is 487. The minimum absolute atomic E-state index is 0.0224. The number of carbonyl (C=O) groups excluding carboxylic acids is 1. The number of hydrogen-bond donors (Lipinski definition) is 0. The second-order valence-corrected chi connectivity index (χ2v) is 5.01. The van der Waals surface area contributed by atoms with Crippen LogP contribution in [-0.4, -0.2) is 19.2 Å². The first kappa shape index (κ1) is 13.7. The van der Waals surface area contributed by atoms with Crippen molar-refractivity contribution in [3.8, 4) is 5.75 Å². The van der Waals surface area contributed by atoms with Crippen molar-refractivity contribution in [3.05, 3.63) is 35.9 Å². The number of esters is 1. The van der Waals surface area contributed by atoms with Crippen molar-refractivity contribution in [3.63, 3.8) is 0 Å². The summed E-state index contributed by atoms with van der Waals surface area (Å²) in [7, 11) is 1.62. The van der Waals surface area contributed by atoms with Crippen molar-refractivity contribution >= 4 is 11.5 Å². The Balaban J connectivity index is 2.06. The van der Waals surface area contributed by atoms with E-state index in [1.165, 1.54) is 18.9 Å². The Morgan fingerprint density at radius 2 is 2.05 bits per heavy atom. The molecule has 0 aliphatic heterocycles. The highest BCUT2D eigenvalue weighted by Gasteiger charge is 2.30. The zero-order chi connectivity index (χ0) is 13.8. The van der Waals surface area contributed by atoms with Crippen molar-refractivity contribution in [1.82, 2.24) is 0 Å². The van der Waals surface area contributed by atoms with Crippen LogP contribution in [0.4, 0.5) is 0 Å². The van der Waals surface area contributed by atoms with E-state index in [1.54, 1.807) is 7.11 Å².